The molecule has 0 saturated carbocycles. The van der Waals surface area contributed by atoms with Gasteiger partial charge in [0.25, 0.3) is 0 Å². The van der Waals surface area contributed by atoms with E-state index in [0.29, 0.717) is 0 Å². The van der Waals surface area contributed by atoms with Crippen LogP contribution in [-0.4, -0.2) is 19.8 Å². The maximum absolute atomic E-state index is 11.0. The zero-order valence-corrected chi connectivity index (χ0v) is 15.1. The van der Waals surface area contributed by atoms with E-state index in [9.17, 15) is 14.0 Å². The Morgan fingerprint density at radius 3 is 1.47 bits per heavy atom. The molecule has 8 nitrogen and oxygen atoms in total. The maximum Gasteiger partial charge on any atom is 1.00 e. The molecule has 0 amide bonds. The SMILES string of the molecule is CCOP(=O)(C#N)OCC.CCOP(=O)([O-])C#N.[Na+]. The van der Waals surface area contributed by atoms with E-state index in [1.165, 1.54) is 12.7 Å². The molecule has 104 valence electrons. The zero-order valence-electron chi connectivity index (χ0n) is 11.4. The van der Waals surface area contributed by atoms with Gasteiger partial charge >= 0.3 is 37.2 Å². The Bertz CT molecular complexity index is 395. The van der Waals surface area contributed by atoms with Crippen LogP contribution in [0, 0.1) is 22.1 Å². The van der Waals surface area contributed by atoms with Crippen LogP contribution in [0.3, 0.4) is 0 Å². The van der Waals surface area contributed by atoms with E-state index in [0.717, 1.165) is 5.81 Å². The van der Waals surface area contributed by atoms with Gasteiger partial charge in [-0.1, -0.05) is 0 Å². The Balaban J connectivity index is -0.000000262. The molecule has 0 fully saturated rings. The molecule has 1 atom stereocenters. The summed E-state index contributed by atoms with van der Waals surface area (Å²) in [7, 11) is -7.51. The molecule has 0 aromatic heterocycles. The topological polar surface area (TPSA) is 132 Å². The summed E-state index contributed by atoms with van der Waals surface area (Å²) in [6.45, 7) is 5.29. The van der Waals surface area contributed by atoms with E-state index in [1.807, 2.05) is 0 Å². The molecular weight excluding hydrogens is 305 g/mol. The van der Waals surface area contributed by atoms with Crippen molar-refractivity contribution in [3.63, 3.8) is 0 Å². The summed E-state index contributed by atoms with van der Waals surface area (Å²) in [4.78, 5) is 10.0. The smallest absolute Gasteiger partial charge is 0.767 e. The van der Waals surface area contributed by atoms with Crippen LogP contribution in [0.2, 0.25) is 0 Å². The fourth-order valence-corrected chi connectivity index (χ4v) is 1.90. The molecule has 11 heteroatoms. The van der Waals surface area contributed by atoms with Gasteiger partial charge in [0.1, 0.15) is 5.81 Å². The van der Waals surface area contributed by atoms with Crippen LogP contribution in [0.25, 0.3) is 0 Å². The van der Waals surface area contributed by atoms with Crippen LogP contribution < -0.4 is 34.5 Å². The van der Waals surface area contributed by atoms with Crippen LogP contribution in [0.1, 0.15) is 20.8 Å². The summed E-state index contributed by atoms with van der Waals surface area (Å²) in [5.74, 6) is 2.51. The standard InChI is InChI=1S/C5H10NO3P.C3H6NO3P.Na/c1-3-8-10(7,5-6)9-4-2;1-2-7-8(5,6)3-4;/h3-4H2,1-2H3;2H2,1H3,(H,5,6);/q;;+1/p-1. The third-order valence-corrected chi connectivity index (χ3v) is 3.43. The third-order valence-electron chi connectivity index (χ3n) is 1.14. The third kappa shape index (κ3) is 14.5. The Morgan fingerprint density at radius 2 is 1.32 bits per heavy atom. The summed E-state index contributed by atoms with van der Waals surface area (Å²) in [6.07, 6.45) is 0. The number of rotatable bonds is 6. The van der Waals surface area contributed by atoms with Crippen molar-refractivity contribution in [2.75, 3.05) is 19.8 Å². The van der Waals surface area contributed by atoms with Gasteiger partial charge in [-0.3, -0.25) is 13.6 Å². The summed E-state index contributed by atoms with van der Waals surface area (Å²) in [5, 5.41) is 16.1. The summed E-state index contributed by atoms with van der Waals surface area (Å²) < 4.78 is 34.2. The molecule has 0 spiro atoms. The average Bonchev–Trinajstić information content (AvgIpc) is 2.30. The fraction of sp³-hybridized carbons (Fsp3) is 0.750. The summed E-state index contributed by atoms with van der Waals surface area (Å²) >= 11 is 0. The summed E-state index contributed by atoms with van der Waals surface area (Å²) in [6, 6.07) is 0. The van der Waals surface area contributed by atoms with E-state index >= 15 is 0 Å². The monoisotopic (exact) mass is 320 g/mol. The van der Waals surface area contributed by atoms with Gasteiger partial charge in [0.2, 0.25) is 7.60 Å². The number of nitrogens with zero attached hydrogens (tertiary/aromatic N) is 2. The molecule has 19 heavy (non-hydrogen) atoms. The van der Waals surface area contributed by atoms with Gasteiger partial charge in [0, 0.05) is 0 Å². The van der Waals surface area contributed by atoms with E-state index in [-0.39, 0.29) is 49.4 Å². The van der Waals surface area contributed by atoms with Gasteiger partial charge in [0.05, 0.1) is 19.8 Å². The van der Waals surface area contributed by atoms with Crippen molar-refractivity contribution in [3.05, 3.63) is 0 Å². The minimum absolute atomic E-state index is 0. The van der Waals surface area contributed by atoms with Crippen molar-refractivity contribution in [1.29, 1.82) is 10.5 Å². The van der Waals surface area contributed by atoms with Crippen molar-refractivity contribution in [2.24, 2.45) is 0 Å². The van der Waals surface area contributed by atoms with Crippen LogP contribution in [-0.2, 0) is 22.7 Å². The first-order valence-corrected chi connectivity index (χ1v) is 8.06. The fourth-order valence-electron chi connectivity index (χ4n) is 0.634. The minimum Gasteiger partial charge on any atom is -0.767 e. The first-order chi connectivity index (χ1) is 8.30. The van der Waals surface area contributed by atoms with Gasteiger partial charge in [-0.2, -0.15) is 10.5 Å². The zero-order chi connectivity index (χ0) is 14.7. The molecule has 0 N–H and O–H groups in total. The largest absolute Gasteiger partial charge is 1.00 e. The van der Waals surface area contributed by atoms with Gasteiger partial charge in [0.15, 0.2) is 5.81 Å². The summed E-state index contributed by atoms with van der Waals surface area (Å²) in [5.41, 5.74) is 0. The van der Waals surface area contributed by atoms with Crippen LogP contribution in [0.15, 0.2) is 0 Å². The molecule has 0 aliphatic rings. The maximum atomic E-state index is 11.0. The molecule has 0 aliphatic carbocycles. The van der Waals surface area contributed by atoms with Gasteiger partial charge in [-0.05, 0) is 20.8 Å². The Morgan fingerprint density at radius 1 is 0.947 bits per heavy atom. The molecule has 0 aromatic carbocycles. The molecule has 0 bridgehead atoms. The number of hydrogen-bond donors (Lipinski definition) is 0. The van der Waals surface area contributed by atoms with Crippen LogP contribution in [0.5, 0.6) is 0 Å². The van der Waals surface area contributed by atoms with Gasteiger partial charge < -0.3 is 9.42 Å². The van der Waals surface area contributed by atoms with E-state index in [2.05, 4.69) is 13.6 Å². The van der Waals surface area contributed by atoms with Crippen LogP contribution in [0.4, 0.5) is 0 Å². The van der Waals surface area contributed by atoms with E-state index < -0.39 is 15.2 Å². The second-order valence-electron chi connectivity index (χ2n) is 2.45. The van der Waals surface area contributed by atoms with Crippen molar-refractivity contribution in [3.8, 4) is 11.6 Å². The molecule has 1 unspecified atom stereocenters. The molecule has 0 rings (SSSR count). The Kier molecular flexibility index (Phi) is 17.0. The second kappa shape index (κ2) is 13.3. The molecule has 0 radical (unpaired) electrons. The molecular formula is C8H15N2NaO6P2. The first kappa shape index (κ1) is 24.3. The Hall–Kier alpha value is 0.280. The van der Waals surface area contributed by atoms with Gasteiger partial charge in [-0.25, -0.2) is 4.57 Å². The molecule has 0 aromatic rings. The minimum atomic E-state index is -4.12. The second-order valence-corrected chi connectivity index (χ2v) is 5.61. The van der Waals surface area contributed by atoms with E-state index in [4.69, 9.17) is 10.5 Å². The van der Waals surface area contributed by atoms with Crippen molar-refractivity contribution >= 4 is 15.2 Å². The van der Waals surface area contributed by atoms with Crippen molar-refractivity contribution in [1.82, 2.24) is 0 Å². The number of hydrogen-bond acceptors (Lipinski definition) is 8. The molecule has 0 saturated heterocycles. The molecule has 0 aliphatic heterocycles. The van der Waals surface area contributed by atoms with Gasteiger partial charge in [-0.15, -0.1) is 0 Å². The number of nitriles is 2. The molecule has 0 heterocycles. The Labute approximate surface area is 135 Å². The quantitative estimate of drug-likeness (QED) is 0.440. The first-order valence-electron chi connectivity index (χ1n) is 4.98. The van der Waals surface area contributed by atoms with E-state index in [1.54, 1.807) is 13.8 Å². The predicted molar refractivity (Wildman–Crippen MR) is 61.3 cm³/mol. The van der Waals surface area contributed by atoms with Crippen molar-refractivity contribution in [2.45, 2.75) is 20.8 Å². The van der Waals surface area contributed by atoms with Crippen LogP contribution >= 0.6 is 15.2 Å². The predicted octanol–water partition coefficient (Wildman–Crippen LogP) is -1.21. The average molecular weight is 320 g/mol. The normalized spacial score (nSPS) is 12.7. The van der Waals surface area contributed by atoms with Crippen molar-refractivity contribution < 1.29 is 57.2 Å².